The highest BCUT2D eigenvalue weighted by molar-refractivity contribution is 7.88. The fraction of sp³-hybridized carbons (Fsp3) is 0.857. The number of hydrogen-bond acceptors (Lipinski definition) is 4. The standard InChI is InChI=1S/C7H14N2O4S/c1-14(12,13)9-7(6(10)11)2-4-8-5-3-7/h8-9H,2-5H2,1H3,(H,10,11). The Morgan fingerprint density at radius 3 is 2.29 bits per heavy atom. The molecule has 1 heterocycles. The van der Waals surface area contributed by atoms with Crippen LogP contribution in [0.3, 0.4) is 0 Å². The molecular formula is C7H14N2O4S. The molecule has 0 radical (unpaired) electrons. The number of hydrogen-bond donors (Lipinski definition) is 3. The zero-order valence-electron chi connectivity index (χ0n) is 7.91. The predicted octanol–water partition coefficient (Wildman–Crippen LogP) is -1.26. The monoisotopic (exact) mass is 222 g/mol. The SMILES string of the molecule is CS(=O)(=O)NC1(C(=O)O)CCNCC1. The summed E-state index contributed by atoms with van der Waals surface area (Å²) in [6.07, 6.45) is 1.52. The van der Waals surface area contributed by atoms with Crippen LogP contribution in [0.25, 0.3) is 0 Å². The van der Waals surface area contributed by atoms with Gasteiger partial charge in [0.05, 0.1) is 6.26 Å². The van der Waals surface area contributed by atoms with Gasteiger partial charge in [-0.15, -0.1) is 0 Å². The van der Waals surface area contributed by atoms with Crippen molar-refractivity contribution in [3.63, 3.8) is 0 Å². The molecule has 82 valence electrons. The second-order valence-corrected chi connectivity index (χ2v) is 5.26. The van der Waals surface area contributed by atoms with Gasteiger partial charge in [0.2, 0.25) is 10.0 Å². The molecule has 14 heavy (non-hydrogen) atoms. The molecule has 1 aliphatic heterocycles. The Hall–Kier alpha value is -0.660. The van der Waals surface area contributed by atoms with Crippen molar-refractivity contribution < 1.29 is 18.3 Å². The summed E-state index contributed by atoms with van der Waals surface area (Å²) in [5.41, 5.74) is -1.32. The zero-order chi connectivity index (χ0) is 10.8. The molecule has 0 aromatic carbocycles. The highest BCUT2D eigenvalue weighted by Crippen LogP contribution is 2.19. The Bertz CT molecular complexity index is 319. The lowest BCUT2D eigenvalue weighted by molar-refractivity contribution is -0.145. The topological polar surface area (TPSA) is 95.5 Å². The van der Waals surface area contributed by atoms with Gasteiger partial charge in [0.25, 0.3) is 0 Å². The Morgan fingerprint density at radius 2 is 1.93 bits per heavy atom. The first-order valence-corrected chi connectivity index (χ1v) is 6.18. The minimum atomic E-state index is -3.49. The number of piperidine rings is 1. The highest BCUT2D eigenvalue weighted by Gasteiger charge is 2.41. The quantitative estimate of drug-likeness (QED) is 0.554. The molecule has 1 fully saturated rings. The van der Waals surface area contributed by atoms with Crippen molar-refractivity contribution in [2.45, 2.75) is 18.4 Å². The normalized spacial score (nSPS) is 21.8. The highest BCUT2D eigenvalue weighted by atomic mass is 32.2. The first-order chi connectivity index (χ1) is 6.36. The van der Waals surface area contributed by atoms with E-state index in [-0.39, 0.29) is 12.8 Å². The van der Waals surface area contributed by atoms with Gasteiger partial charge in [-0.05, 0) is 25.9 Å². The van der Waals surface area contributed by atoms with Gasteiger partial charge in [0.1, 0.15) is 5.54 Å². The molecule has 6 nitrogen and oxygen atoms in total. The van der Waals surface area contributed by atoms with E-state index >= 15 is 0 Å². The maximum atomic E-state index is 11.0. The third-order valence-corrected chi connectivity index (χ3v) is 3.01. The van der Waals surface area contributed by atoms with Crippen molar-refractivity contribution in [3.05, 3.63) is 0 Å². The van der Waals surface area contributed by atoms with Crippen LogP contribution in [0.2, 0.25) is 0 Å². The number of aliphatic carboxylic acids is 1. The zero-order valence-corrected chi connectivity index (χ0v) is 8.73. The van der Waals surface area contributed by atoms with E-state index in [9.17, 15) is 13.2 Å². The number of carboxylic acid groups (broad SMARTS) is 1. The summed E-state index contributed by atoms with van der Waals surface area (Å²) in [5.74, 6) is -1.11. The fourth-order valence-corrected chi connectivity index (χ4v) is 2.57. The van der Waals surface area contributed by atoms with E-state index in [0.717, 1.165) is 6.26 Å². The molecule has 0 aromatic rings. The summed E-state index contributed by atoms with van der Waals surface area (Å²) < 4.78 is 24.2. The molecule has 0 saturated carbocycles. The van der Waals surface area contributed by atoms with Gasteiger partial charge in [-0.1, -0.05) is 0 Å². The van der Waals surface area contributed by atoms with E-state index in [1.807, 2.05) is 0 Å². The number of sulfonamides is 1. The Morgan fingerprint density at radius 1 is 1.43 bits per heavy atom. The molecular weight excluding hydrogens is 208 g/mol. The third kappa shape index (κ3) is 2.66. The van der Waals surface area contributed by atoms with Crippen molar-refractivity contribution in [2.24, 2.45) is 0 Å². The van der Waals surface area contributed by atoms with Crippen LogP contribution in [0.15, 0.2) is 0 Å². The minimum Gasteiger partial charge on any atom is -0.480 e. The first-order valence-electron chi connectivity index (χ1n) is 4.29. The van der Waals surface area contributed by atoms with Crippen LogP contribution in [0.1, 0.15) is 12.8 Å². The maximum Gasteiger partial charge on any atom is 0.324 e. The molecule has 0 bridgehead atoms. The lowest BCUT2D eigenvalue weighted by atomic mass is 9.90. The summed E-state index contributed by atoms with van der Waals surface area (Å²) in [7, 11) is -3.49. The second kappa shape index (κ2) is 3.84. The number of carbonyl (C=O) groups is 1. The third-order valence-electron chi connectivity index (χ3n) is 2.25. The lowest BCUT2D eigenvalue weighted by Crippen LogP contribution is -2.59. The van der Waals surface area contributed by atoms with E-state index in [4.69, 9.17) is 5.11 Å². The van der Waals surface area contributed by atoms with Crippen molar-refractivity contribution in [1.29, 1.82) is 0 Å². The van der Waals surface area contributed by atoms with E-state index in [1.165, 1.54) is 0 Å². The summed E-state index contributed by atoms with van der Waals surface area (Å²) in [6, 6.07) is 0. The molecule has 0 aliphatic carbocycles. The predicted molar refractivity (Wildman–Crippen MR) is 50.5 cm³/mol. The summed E-state index contributed by atoms with van der Waals surface area (Å²) in [6.45, 7) is 1.02. The number of nitrogens with one attached hydrogen (secondary N) is 2. The van der Waals surface area contributed by atoms with Gasteiger partial charge in [-0.3, -0.25) is 4.79 Å². The van der Waals surface area contributed by atoms with Crippen molar-refractivity contribution in [3.8, 4) is 0 Å². The molecule has 3 N–H and O–H groups in total. The van der Waals surface area contributed by atoms with Crippen LogP contribution in [0, 0.1) is 0 Å². The summed E-state index contributed by atoms with van der Waals surface area (Å²) >= 11 is 0. The van der Waals surface area contributed by atoms with Crippen LogP contribution < -0.4 is 10.0 Å². The summed E-state index contributed by atoms with van der Waals surface area (Å²) in [4.78, 5) is 11.0. The van der Waals surface area contributed by atoms with Crippen LogP contribution >= 0.6 is 0 Å². The van der Waals surface area contributed by atoms with Gasteiger partial charge >= 0.3 is 5.97 Å². The Kier molecular flexibility index (Phi) is 3.13. The largest absolute Gasteiger partial charge is 0.480 e. The van der Waals surface area contributed by atoms with Crippen molar-refractivity contribution in [2.75, 3.05) is 19.3 Å². The molecule has 1 rings (SSSR count). The first kappa shape index (κ1) is 11.4. The molecule has 0 amide bonds. The van der Waals surface area contributed by atoms with Crippen molar-refractivity contribution in [1.82, 2.24) is 10.0 Å². The molecule has 0 atom stereocenters. The molecule has 0 aromatic heterocycles. The fourth-order valence-electron chi connectivity index (χ4n) is 1.57. The molecule has 1 aliphatic rings. The maximum absolute atomic E-state index is 11.0. The van der Waals surface area contributed by atoms with Gasteiger partial charge < -0.3 is 10.4 Å². The van der Waals surface area contributed by atoms with Gasteiger partial charge in [-0.2, -0.15) is 4.72 Å². The van der Waals surface area contributed by atoms with Gasteiger partial charge in [-0.25, -0.2) is 8.42 Å². The van der Waals surface area contributed by atoms with Gasteiger partial charge in [0, 0.05) is 0 Å². The number of carboxylic acids is 1. The molecule has 0 unspecified atom stereocenters. The van der Waals surface area contributed by atoms with Crippen LogP contribution in [0.5, 0.6) is 0 Å². The van der Waals surface area contributed by atoms with Crippen LogP contribution in [-0.2, 0) is 14.8 Å². The smallest absolute Gasteiger partial charge is 0.324 e. The van der Waals surface area contributed by atoms with Gasteiger partial charge in [0.15, 0.2) is 0 Å². The Labute approximate surface area is 82.7 Å². The van der Waals surface area contributed by atoms with E-state index < -0.39 is 21.5 Å². The van der Waals surface area contributed by atoms with E-state index in [0.29, 0.717) is 13.1 Å². The summed E-state index contributed by atoms with van der Waals surface area (Å²) in [5, 5.41) is 12.0. The molecule has 1 saturated heterocycles. The lowest BCUT2D eigenvalue weighted by Gasteiger charge is -2.33. The number of rotatable bonds is 3. The van der Waals surface area contributed by atoms with E-state index in [2.05, 4.69) is 10.0 Å². The van der Waals surface area contributed by atoms with Crippen molar-refractivity contribution >= 4 is 16.0 Å². The average molecular weight is 222 g/mol. The average Bonchev–Trinajstić information content (AvgIpc) is 2.02. The molecule has 7 heteroatoms. The Balaban J connectivity index is 2.87. The molecule has 0 spiro atoms. The van der Waals surface area contributed by atoms with Crippen LogP contribution in [0.4, 0.5) is 0 Å². The minimum absolute atomic E-state index is 0.273. The van der Waals surface area contributed by atoms with E-state index in [1.54, 1.807) is 0 Å². The second-order valence-electron chi connectivity index (χ2n) is 3.51. The van der Waals surface area contributed by atoms with Crippen LogP contribution in [-0.4, -0.2) is 44.4 Å².